The zero-order chi connectivity index (χ0) is 14.5. The number of nitrogens with one attached hydrogen (secondary N) is 2. The molecule has 2 aromatic carbocycles. The Balaban J connectivity index is 1.65. The standard InChI is InChI=1S/C17H18N2O2/c20-17(18-12-13-10-11-13)19-15-8-4-5-9-16(15)21-14-6-2-1-3-7-14/h1-9,13H,10-12H2,(H2,18,19,20). The molecule has 3 rings (SSSR count). The minimum absolute atomic E-state index is 0.189. The second kappa shape index (κ2) is 6.31. The van der Waals surface area contributed by atoms with Gasteiger partial charge in [0.2, 0.25) is 0 Å². The van der Waals surface area contributed by atoms with Crippen molar-refractivity contribution in [3.63, 3.8) is 0 Å². The summed E-state index contributed by atoms with van der Waals surface area (Å²) in [5, 5.41) is 5.72. The van der Waals surface area contributed by atoms with E-state index in [9.17, 15) is 4.79 Å². The number of para-hydroxylation sites is 3. The summed E-state index contributed by atoms with van der Waals surface area (Å²) in [5.41, 5.74) is 0.662. The Labute approximate surface area is 124 Å². The molecule has 21 heavy (non-hydrogen) atoms. The number of amides is 2. The van der Waals surface area contributed by atoms with Crippen LogP contribution in [0.3, 0.4) is 0 Å². The quantitative estimate of drug-likeness (QED) is 0.870. The van der Waals surface area contributed by atoms with Gasteiger partial charge in [0.15, 0.2) is 5.75 Å². The number of hydrogen-bond donors (Lipinski definition) is 2. The van der Waals surface area contributed by atoms with Crippen LogP contribution in [0.1, 0.15) is 12.8 Å². The summed E-state index contributed by atoms with van der Waals surface area (Å²) in [5.74, 6) is 2.03. The van der Waals surface area contributed by atoms with E-state index in [0.29, 0.717) is 17.4 Å². The van der Waals surface area contributed by atoms with Gasteiger partial charge in [0, 0.05) is 6.54 Å². The molecule has 0 spiro atoms. The normalized spacial score (nSPS) is 13.5. The van der Waals surface area contributed by atoms with Crippen LogP contribution in [0, 0.1) is 5.92 Å². The van der Waals surface area contributed by atoms with Crippen LogP contribution < -0.4 is 15.4 Å². The third-order valence-electron chi connectivity index (χ3n) is 3.35. The van der Waals surface area contributed by atoms with Gasteiger partial charge in [-0.15, -0.1) is 0 Å². The zero-order valence-corrected chi connectivity index (χ0v) is 11.7. The molecule has 108 valence electrons. The van der Waals surface area contributed by atoms with Crippen molar-refractivity contribution >= 4 is 11.7 Å². The molecule has 0 saturated heterocycles. The van der Waals surface area contributed by atoms with Gasteiger partial charge in [-0.25, -0.2) is 4.79 Å². The van der Waals surface area contributed by atoms with E-state index in [0.717, 1.165) is 12.3 Å². The fourth-order valence-corrected chi connectivity index (χ4v) is 2.00. The second-order valence-electron chi connectivity index (χ2n) is 5.19. The number of urea groups is 1. The van der Waals surface area contributed by atoms with Crippen LogP contribution in [0.4, 0.5) is 10.5 Å². The third-order valence-corrected chi connectivity index (χ3v) is 3.35. The lowest BCUT2D eigenvalue weighted by Crippen LogP contribution is -2.30. The lowest BCUT2D eigenvalue weighted by molar-refractivity contribution is 0.251. The van der Waals surface area contributed by atoms with Crippen molar-refractivity contribution in [3.05, 3.63) is 54.6 Å². The number of anilines is 1. The Kier molecular flexibility index (Phi) is 4.05. The summed E-state index contributed by atoms with van der Waals surface area (Å²) < 4.78 is 5.81. The summed E-state index contributed by atoms with van der Waals surface area (Å²) >= 11 is 0. The fraction of sp³-hybridized carbons (Fsp3) is 0.235. The Morgan fingerprint density at radius 2 is 1.76 bits per heavy atom. The average Bonchev–Trinajstić information content (AvgIpc) is 3.33. The molecular formula is C17H18N2O2. The van der Waals surface area contributed by atoms with Crippen molar-refractivity contribution in [2.45, 2.75) is 12.8 Å². The van der Waals surface area contributed by atoms with Crippen LogP contribution in [-0.2, 0) is 0 Å². The first-order valence-electron chi connectivity index (χ1n) is 7.18. The number of benzene rings is 2. The van der Waals surface area contributed by atoms with Gasteiger partial charge in [-0.3, -0.25) is 0 Å². The lowest BCUT2D eigenvalue weighted by Gasteiger charge is -2.12. The Bertz CT molecular complexity index is 609. The molecule has 1 saturated carbocycles. The van der Waals surface area contributed by atoms with E-state index in [1.807, 2.05) is 54.6 Å². The predicted octanol–water partition coefficient (Wildman–Crippen LogP) is 4.01. The molecule has 4 heteroatoms. The van der Waals surface area contributed by atoms with Gasteiger partial charge in [0.25, 0.3) is 0 Å². The molecule has 2 N–H and O–H groups in total. The molecule has 0 radical (unpaired) electrons. The largest absolute Gasteiger partial charge is 0.455 e. The molecule has 0 bridgehead atoms. The fourth-order valence-electron chi connectivity index (χ4n) is 2.00. The molecule has 0 aromatic heterocycles. The maximum atomic E-state index is 11.9. The summed E-state index contributed by atoms with van der Waals surface area (Å²) in [6.45, 7) is 0.744. The highest BCUT2D eigenvalue weighted by atomic mass is 16.5. The van der Waals surface area contributed by atoms with Gasteiger partial charge in [-0.2, -0.15) is 0 Å². The Hall–Kier alpha value is -2.49. The van der Waals surface area contributed by atoms with E-state index < -0.39 is 0 Å². The minimum Gasteiger partial charge on any atom is -0.455 e. The van der Waals surface area contributed by atoms with Crippen molar-refractivity contribution in [3.8, 4) is 11.5 Å². The van der Waals surface area contributed by atoms with Crippen molar-refractivity contribution < 1.29 is 9.53 Å². The first-order chi connectivity index (χ1) is 10.3. The highest BCUT2D eigenvalue weighted by Gasteiger charge is 2.21. The van der Waals surface area contributed by atoms with E-state index in [4.69, 9.17) is 4.74 Å². The zero-order valence-electron chi connectivity index (χ0n) is 11.7. The average molecular weight is 282 g/mol. The molecule has 0 unspecified atom stereocenters. The van der Waals surface area contributed by atoms with Crippen LogP contribution in [0.5, 0.6) is 11.5 Å². The number of ether oxygens (including phenoxy) is 1. The molecule has 4 nitrogen and oxygen atoms in total. The maximum Gasteiger partial charge on any atom is 0.319 e. The molecule has 1 fully saturated rings. The van der Waals surface area contributed by atoms with Gasteiger partial charge < -0.3 is 15.4 Å². The number of carbonyl (C=O) groups excluding carboxylic acids is 1. The topological polar surface area (TPSA) is 50.4 Å². The van der Waals surface area contributed by atoms with Crippen molar-refractivity contribution in [1.29, 1.82) is 0 Å². The lowest BCUT2D eigenvalue weighted by atomic mass is 10.3. The van der Waals surface area contributed by atoms with Gasteiger partial charge in [-0.05, 0) is 43.0 Å². The first-order valence-corrected chi connectivity index (χ1v) is 7.18. The van der Waals surface area contributed by atoms with E-state index in [1.54, 1.807) is 0 Å². The molecule has 2 aromatic rings. The van der Waals surface area contributed by atoms with Crippen molar-refractivity contribution in [2.75, 3.05) is 11.9 Å². The van der Waals surface area contributed by atoms with E-state index in [2.05, 4.69) is 10.6 Å². The molecule has 1 aliphatic carbocycles. The number of rotatable bonds is 5. The van der Waals surface area contributed by atoms with E-state index in [1.165, 1.54) is 12.8 Å². The summed E-state index contributed by atoms with van der Waals surface area (Å²) in [4.78, 5) is 11.9. The van der Waals surface area contributed by atoms with Crippen molar-refractivity contribution in [2.24, 2.45) is 5.92 Å². The molecule has 0 heterocycles. The Morgan fingerprint density at radius 1 is 1.05 bits per heavy atom. The maximum absolute atomic E-state index is 11.9. The first kappa shape index (κ1) is 13.5. The van der Waals surface area contributed by atoms with Gasteiger partial charge >= 0.3 is 6.03 Å². The second-order valence-corrected chi connectivity index (χ2v) is 5.19. The van der Waals surface area contributed by atoms with Crippen LogP contribution in [0.2, 0.25) is 0 Å². The molecule has 0 aliphatic heterocycles. The number of hydrogen-bond acceptors (Lipinski definition) is 2. The third kappa shape index (κ3) is 3.99. The summed E-state index contributed by atoms with van der Waals surface area (Å²) in [6, 6.07) is 16.7. The van der Waals surface area contributed by atoms with Gasteiger partial charge in [0.05, 0.1) is 5.69 Å². The minimum atomic E-state index is -0.189. The van der Waals surface area contributed by atoms with Crippen LogP contribution in [-0.4, -0.2) is 12.6 Å². The molecule has 2 amide bonds. The van der Waals surface area contributed by atoms with Crippen LogP contribution in [0.25, 0.3) is 0 Å². The molecule has 0 atom stereocenters. The van der Waals surface area contributed by atoms with E-state index >= 15 is 0 Å². The van der Waals surface area contributed by atoms with Crippen LogP contribution >= 0.6 is 0 Å². The molecular weight excluding hydrogens is 264 g/mol. The monoisotopic (exact) mass is 282 g/mol. The molecule has 1 aliphatic rings. The SMILES string of the molecule is O=C(NCC1CC1)Nc1ccccc1Oc1ccccc1. The van der Waals surface area contributed by atoms with Crippen molar-refractivity contribution in [1.82, 2.24) is 5.32 Å². The smallest absolute Gasteiger partial charge is 0.319 e. The Morgan fingerprint density at radius 3 is 2.52 bits per heavy atom. The highest BCUT2D eigenvalue weighted by Crippen LogP contribution is 2.29. The van der Waals surface area contributed by atoms with Gasteiger partial charge in [-0.1, -0.05) is 30.3 Å². The summed E-state index contributed by atoms with van der Waals surface area (Å²) in [7, 11) is 0. The predicted molar refractivity (Wildman–Crippen MR) is 82.7 cm³/mol. The highest BCUT2D eigenvalue weighted by molar-refractivity contribution is 5.90. The van der Waals surface area contributed by atoms with Gasteiger partial charge in [0.1, 0.15) is 5.75 Å². The number of carbonyl (C=O) groups is 1. The summed E-state index contributed by atoms with van der Waals surface area (Å²) in [6.07, 6.45) is 2.43. The van der Waals surface area contributed by atoms with E-state index in [-0.39, 0.29) is 6.03 Å². The van der Waals surface area contributed by atoms with Crippen LogP contribution in [0.15, 0.2) is 54.6 Å².